The van der Waals surface area contributed by atoms with Crippen molar-refractivity contribution >= 4 is 32.8 Å². The predicted octanol–water partition coefficient (Wildman–Crippen LogP) is 4.06. The Bertz CT molecular complexity index is 1210. The highest BCUT2D eigenvalue weighted by molar-refractivity contribution is 7.90. The van der Waals surface area contributed by atoms with Crippen molar-refractivity contribution in [2.45, 2.75) is 43.5 Å². The van der Waals surface area contributed by atoms with Crippen LogP contribution in [0.5, 0.6) is 0 Å². The summed E-state index contributed by atoms with van der Waals surface area (Å²) in [5.41, 5.74) is 2.37. The van der Waals surface area contributed by atoms with Gasteiger partial charge in [0, 0.05) is 50.1 Å². The third-order valence-electron chi connectivity index (χ3n) is 5.95. The average Bonchev–Trinajstić information content (AvgIpc) is 3.27. The Balaban J connectivity index is 1.36. The van der Waals surface area contributed by atoms with E-state index < -0.39 is 15.7 Å². The van der Waals surface area contributed by atoms with Gasteiger partial charge in [-0.1, -0.05) is 6.92 Å². The lowest BCUT2D eigenvalue weighted by Gasteiger charge is -2.31. The molecule has 0 atom stereocenters. The fourth-order valence-electron chi connectivity index (χ4n) is 3.96. The van der Waals surface area contributed by atoms with Crippen molar-refractivity contribution in [1.29, 1.82) is 0 Å². The second-order valence-electron chi connectivity index (χ2n) is 8.42. The second-order valence-corrected chi connectivity index (χ2v) is 11.3. The number of anilines is 2. The maximum Gasteiger partial charge on any atom is 0.225 e. The largest absolute Gasteiger partial charge is 0.366 e. The van der Waals surface area contributed by atoms with Crippen LogP contribution < -0.4 is 9.80 Å². The first-order valence-corrected chi connectivity index (χ1v) is 13.7. The summed E-state index contributed by atoms with van der Waals surface area (Å²) in [4.78, 5) is 17.8. The van der Waals surface area contributed by atoms with Crippen LogP contribution >= 0.6 is 11.3 Å². The van der Waals surface area contributed by atoms with Crippen LogP contribution in [0.4, 0.5) is 16.0 Å². The van der Waals surface area contributed by atoms with Gasteiger partial charge in [-0.2, -0.15) is 0 Å². The van der Waals surface area contributed by atoms with Gasteiger partial charge in [0.25, 0.3) is 0 Å². The van der Waals surface area contributed by atoms with E-state index in [1.54, 1.807) is 23.3 Å². The molecule has 176 valence electrons. The molecule has 4 rings (SSSR count). The quantitative estimate of drug-likeness (QED) is 0.495. The molecule has 1 saturated heterocycles. The molecule has 1 aliphatic rings. The average molecular weight is 490 g/mol. The Hall–Kier alpha value is -2.59. The first kappa shape index (κ1) is 23.6. The van der Waals surface area contributed by atoms with Gasteiger partial charge in [-0.25, -0.2) is 27.8 Å². The zero-order chi connectivity index (χ0) is 23.6. The molecule has 0 bridgehead atoms. The summed E-state index contributed by atoms with van der Waals surface area (Å²) in [6.07, 6.45) is 7.78. The van der Waals surface area contributed by atoms with Gasteiger partial charge in [-0.15, -0.1) is 11.3 Å². The molecule has 3 aromatic rings. The second kappa shape index (κ2) is 9.72. The summed E-state index contributed by atoms with van der Waals surface area (Å²) in [6, 6.07) is 4.01. The first-order chi connectivity index (χ1) is 15.7. The summed E-state index contributed by atoms with van der Waals surface area (Å²) in [6.45, 7) is 4.32. The third kappa shape index (κ3) is 5.50. The Morgan fingerprint density at radius 3 is 2.52 bits per heavy atom. The smallest absolute Gasteiger partial charge is 0.225 e. The van der Waals surface area contributed by atoms with Gasteiger partial charge in [0.1, 0.15) is 5.82 Å². The number of aryl methyl sites for hydroxylation is 1. The van der Waals surface area contributed by atoms with E-state index in [9.17, 15) is 12.8 Å². The van der Waals surface area contributed by atoms with Crippen LogP contribution in [0.1, 0.15) is 41.9 Å². The van der Waals surface area contributed by atoms with Crippen molar-refractivity contribution < 1.29 is 12.8 Å². The number of thiazole rings is 1. The van der Waals surface area contributed by atoms with Gasteiger partial charge in [0.15, 0.2) is 9.84 Å². The minimum absolute atomic E-state index is 0.0221. The van der Waals surface area contributed by atoms with Crippen LogP contribution in [-0.2, 0) is 22.8 Å². The highest BCUT2D eigenvalue weighted by Crippen LogP contribution is 2.32. The molecule has 0 saturated carbocycles. The topological polar surface area (TPSA) is 79.3 Å². The first-order valence-electron chi connectivity index (χ1n) is 11.0. The van der Waals surface area contributed by atoms with Crippen LogP contribution in [0.25, 0.3) is 0 Å². The van der Waals surface area contributed by atoms with E-state index in [0.717, 1.165) is 66.9 Å². The normalized spacial score (nSPS) is 15.1. The molecule has 1 fully saturated rings. The lowest BCUT2D eigenvalue weighted by Crippen LogP contribution is -2.34. The molecule has 2 aromatic heterocycles. The number of aromatic nitrogens is 3. The van der Waals surface area contributed by atoms with Gasteiger partial charge >= 0.3 is 0 Å². The zero-order valence-electron chi connectivity index (χ0n) is 19.0. The molecule has 7 nitrogen and oxygen atoms in total. The summed E-state index contributed by atoms with van der Waals surface area (Å²) < 4.78 is 37.8. The number of halogens is 1. The van der Waals surface area contributed by atoms with Gasteiger partial charge in [0.05, 0.1) is 27.8 Å². The third-order valence-corrected chi connectivity index (χ3v) is 8.12. The number of nitrogens with zero attached hydrogens (tertiary/aromatic N) is 5. The summed E-state index contributed by atoms with van der Waals surface area (Å²) >= 11 is 1.64. The number of piperidine rings is 1. The number of sulfone groups is 1. The molecule has 0 N–H and O–H groups in total. The molecular formula is C23H28FN5O2S2. The Kier molecular flexibility index (Phi) is 6.94. The van der Waals surface area contributed by atoms with Crippen molar-refractivity contribution in [3.8, 4) is 0 Å². The molecule has 0 aliphatic carbocycles. The van der Waals surface area contributed by atoms with Gasteiger partial charge in [-0.3, -0.25) is 0 Å². The minimum atomic E-state index is -3.44. The highest BCUT2D eigenvalue weighted by atomic mass is 32.2. The van der Waals surface area contributed by atoms with E-state index in [-0.39, 0.29) is 4.90 Å². The van der Waals surface area contributed by atoms with E-state index in [1.807, 2.05) is 17.8 Å². The van der Waals surface area contributed by atoms with E-state index in [4.69, 9.17) is 4.98 Å². The number of hydrogen-bond acceptors (Lipinski definition) is 8. The van der Waals surface area contributed by atoms with Crippen LogP contribution in [0, 0.1) is 5.82 Å². The molecule has 0 unspecified atom stereocenters. The van der Waals surface area contributed by atoms with Gasteiger partial charge in [0.2, 0.25) is 5.95 Å². The fraction of sp³-hybridized carbons (Fsp3) is 0.435. The fourth-order valence-corrected chi connectivity index (χ4v) is 5.57. The molecule has 0 spiro atoms. The highest BCUT2D eigenvalue weighted by Gasteiger charge is 2.24. The van der Waals surface area contributed by atoms with Crippen molar-refractivity contribution in [3.05, 3.63) is 58.1 Å². The Morgan fingerprint density at radius 1 is 1.21 bits per heavy atom. The van der Waals surface area contributed by atoms with Gasteiger partial charge < -0.3 is 9.80 Å². The van der Waals surface area contributed by atoms with Crippen molar-refractivity contribution in [2.75, 3.05) is 36.2 Å². The maximum absolute atomic E-state index is 14.5. The van der Waals surface area contributed by atoms with E-state index >= 15 is 0 Å². The lowest BCUT2D eigenvalue weighted by atomic mass is 9.98. The number of hydrogen-bond donors (Lipinski definition) is 0. The lowest BCUT2D eigenvalue weighted by molar-refractivity contribution is 0.497. The monoisotopic (exact) mass is 489 g/mol. The number of rotatable bonds is 7. The molecule has 3 heterocycles. The molecule has 10 heteroatoms. The van der Waals surface area contributed by atoms with Crippen molar-refractivity contribution in [1.82, 2.24) is 15.0 Å². The Labute approximate surface area is 198 Å². The molecule has 0 amide bonds. The number of benzene rings is 1. The van der Waals surface area contributed by atoms with Crippen LogP contribution in [0.15, 0.2) is 40.9 Å². The predicted molar refractivity (Wildman–Crippen MR) is 129 cm³/mol. The van der Waals surface area contributed by atoms with E-state index in [2.05, 4.69) is 21.8 Å². The molecule has 0 radical (unpaired) electrons. The zero-order valence-corrected chi connectivity index (χ0v) is 20.7. The van der Waals surface area contributed by atoms with E-state index in [0.29, 0.717) is 18.2 Å². The molecular weight excluding hydrogens is 461 g/mol. The molecule has 1 aliphatic heterocycles. The van der Waals surface area contributed by atoms with Crippen LogP contribution in [-0.4, -0.2) is 49.8 Å². The summed E-state index contributed by atoms with van der Waals surface area (Å²) in [5, 5.41) is 3.13. The van der Waals surface area contributed by atoms with Gasteiger partial charge in [-0.05, 0) is 43.0 Å². The standard InChI is InChI=1S/C23H28FN5O2S2/c1-4-16-12-25-23(26-13-16)29-9-7-17(8-10-29)22-27-18(15-32-22)14-28(2)21-6-5-19(11-20(21)24)33(3,30)31/h5-6,11-13,15,17H,4,7-10,14H2,1-3H3. The van der Waals surface area contributed by atoms with Crippen LogP contribution in [0.3, 0.4) is 0 Å². The minimum Gasteiger partial charge on any atom is -0.366 e. The van der Waals surface area contributed by atoms with Crippen LogP contribution in [0.2, 0.25) is 0 Å². The Morgan fingerprint density at radius 2 is 1.91 bits per heavy atom. The maximum atomic E-state index is 14.5. The molecule has 33 heavy (non-hydrogen) atoms. The SMILES string of the molecule is CCc1cnc(N2CCC(c3nc(CN(C)c4ccc(S(C)(=O)=O)cc4F)cs3)CC2)nc1. The van der Waals surface area contributed by atoms with E-state index in [1.165, 1.54) is 12.1 Å². The van der Waals surface area contributed by atoms with Crippen molar-refractivity contribution in [2.24, 2.45) is 0 Å². The van der Waals surface area contributed by atoms with Crippen molar-refractivity contribution in [3.63, 3.8) is 0 Å². The summed E-state index contributed by atoms with van der Waals surface area (Å²) in [5.74, 6) is 0.625. The molecule has 1 aromatic carbocycles. The summed E-state index contributed by atoms with van der Waals surface area (Å²) in [7, 11) is -1.66.